The van der Waals surface area contributed by atoms with Crippen molar-refractivity contribution in [3.8, 4) is 0 Å². The molecule has 0 saturated heterocycles. The van der Waals surface area contributed by atoms with Gasteiger partial charge in [0.15, 0.2) is 0 Å². The molecule has 1 aromatic rings. The second-order valence-corrected chi connectivity index (χ2v) is 4.62. The first-order valence-electron chi connectivity index (χ1n) is 5.82. The Morgan fingerprint density at radius 2 is 2.00 bits per heavy atom. The molecule has 1 rings (SSSR count). The monoisotopic (exact) mass is 236 g/mol. The zero-order chi connectivity index (χ0) is 12.9. The first-order chi connectivity index (χ1) is 7.97. The molecule has 0 bridgehead atoms. The predicted octanol–water partition coefficient (Wildman–Crippen LogP) is 2.98. The van der Waals surface area contributed by atoms with E-state index in [0.717, 1.165) is 12.0 Å². The summed E-state index contributed by atoms with van der Waals surface area (Å²) in [7, 11) is 1.69. The van der Waals surface area contributed by atoms with Crippen molar-refractivity contribution in [1.82, 2.24) is 0 Å². The predicted molar refractivity (Wildman–Crippen MR) is 67.1 cm³/mol. The van der Waals surface area contributed by atoms with Crippen LogP contribution in [0, 0.1) is 0 Å². The Morgan fingerprint density at radius 1 is 1.35 bits per heavy atom. The quantitative estimate of drug-likeness (QED) is 0.826. The highest BCUT2D eigenvalue weighted by Gasteiger charge is 2.22. The summed E-state index contributed by atoms with van der Waals surface area (Å²) in [6, 6.07) is 8.04. The topological polar surface area (TPSA) is 46.5 Å². The van der Waals surface area contributed by atoms with Gasteiger partial charge in [0.25, 0.3) is 0 Å². The zero-order valence-electron chi connectivity index (χ0n) is 10.7. The Labute approximate surface area is 102 Å². The highest BCUT2D eigenvalue weighted by Crippen LogP contribution is 2.27. The van der Waals surface area contributed by atoms with Gasteiger partial charge in [0, 0.05) is 13.5 Å². The molecular formula is C14H20O3. The molecule has 17 heavy (non-hydrogen) atoms. The molecule has 0 heterocycles. The van der Waals surface area contributed by atoms with E-state index in [9.17, 15) is 4.79 Å². The SMILES string of the molecule is COC(C)(C)c1ccccc1CCCC(=O)O. The summed E-state index contributed by atoms with van der Waals surface area (Å²) in [6.45, 7) is 4.03. The largest absolute Gasteiger partial charge is 0.481 e. The lowest BCUT2D eigenvalue weighted by molar-refractivity contribution is -0.137. The lowest BCUT2D eigenvalue weighted by Crippen LogP contribution is -2.21. The summed E-state index contributed by atoms with van der Waals surface area (Å²) >= 11 is 0. The van der Waals surface area contributed by atoms with Crippen molar-refractivity contribution in [3.05, 3.63) is 35.4 Å². The van der Waals surface area contributed by atoms with Crippen LogP contribution >= 0.6 is 0 Å². The van der Waals surface area contributed by atoms with Crippen LogP contribution < -0.4 is 0 Å². The van der Waals surface area contributed by atoms with E-state index in [2.05, 4.69) is 0 Å². The molecule has 1 aromatic carbocycles. The number of carboxylic acid groups (broad SMARTS) is 1. The Balaban J connectivity index is 2.81. The Kier molecular flexibility index (Phi) is 4.70. The van der Waals surface area contributed by atoms with Gasteiger partial charge in [-0.15, -0.1) is 0 Å². The second-order valence-electron chi connectivity index (χ2n) is 4.62. The van der Waals surface area contributed by atoms with Crippen molar-refractivity contribution in [1.29, 1.82) is 0 Å². The van der Waals surface area contributed by atoms with Gasteiger partial charge in [0.1, 0.15) is 0 Å². The van der Waals surface area contributed by atoms with E-state index in [1.54, 1.807) is 7.11 Å². The van der Waals surface area contributed by atoms with Crippen LogP contribution in [-0.4, -0.2) is 18.2 Å². The molecule has 3 heteroatoms. The van der Waals surface area contributed by atoms with Crippen LogP contribution in [0.15, 0.2) is 24.3 Å². The fraction of sp³-hybridized carbons (Fsp3) is 0.500. The van der Waals surface area contributed by atoms with E-state index in [0.29, 0.717) is 6.42 Å². The molecule has 0 fully saturated rings. The Bertz CT molecular complexity index is 383. The van der Waals surface area contributed by atoms with Gasteiger partial charge in [0.2, 0.25) is 0 Å². The average Bonchev–Trinajstić information content (AvgIpc) is 2.29. The lowest BCUT2D eigenvalue weighted by Gasteiger charge is -2.26. The maximum absolute atomic E-state index is 10.5. The van der Waals surface area contributed by atoms with Gasteiger partial charge >= 0.3 is 5.97 Å². The molecule has 0 radical (unpaired) electrons. The third-order valence-electron chi connectivity index (χ3n) is 3.01. The van der Waals surface area contributed by atoms with E-state index < -0.39 is 5.97 Å². The molecule has 3 nitrogen and oxygen atoms in total. The minimum absolute atomic E-state index is 0.210. The van der Waals surface area contributed by atoms with E-state index in [4.69, 9.17) is 9.84 Å². The van der Waals surface area contributed by atoms with Crippen LogP contribution in [0.4, 0.5) is 0 Å². The highest BCUT2D eigenvalue weighted by atomic mass is 16.5. The van der Waals surface area contributed by atoms with Crippen LogP contribution in [0.3, 0.4) is 0 Å². The van der Waals surface area contributed by atoms with Gasteiger partial charge in [-0.05, 0) is 37.8 Å². The van der Waals surface area contributed by atoms with Crippen molar-refractivity contribution in [3.63, 3.8) is 0 Å². The number of methoxy groups -OCH3 is 1. The van der Waals surface area contributed by atoms with Gasteiger partial charge in [-0.2, -0.15) is 0 Å². The molecule has 0 amide bonds. The third kappa shape index (κ3) is 3.86. The molecule has 0 atom stereocenters. The molecule has 0 aliphatic carbocycles. The number of hydrogen-bond acceptors (Lipinski definition) is 2. The van der Waals surface area contributed by atoms with Crippen molar-refractivity contribution in [2.45, 2.75) is 38.7 Å². The number of aryl methyl sites for hydroxylation is 1. The number of ether oxygens (including phenoxy) is 1. The van der Waals surface area contributed by atoms with E-state index in [-0.39, 0.29) is 12.0 Å². The summed E-state index contributed by atoms with van der Waals surface area (Å²) < 4.78 is 5.48. The van der Waals surface area contributed by atoms with Gasteiger partial charge in [-0.25, -0.2) is 0 Å². The minimum atomic E-state index is -0.742. The molecule has 94 valence electrons. The summed E-state index contributed by atoms with van der Waals surface area (Å²) in [4.78, 5) is 10.5. The molecule has 0 unspecified atom stereocenters. The van der Waals surface area contributed by atoms with Crippen LogP contribution in [0.2, 0.25) is 0 Å². The fourth-order valence-electron chi connectivity index (χ4n) is 1.87. The van der Waals surface area contributed by atoms with Crippen LogP contribution in [0.5, 0.6) is 0 Å². The van der Waals surface area contributed by atoms with Gasteiger partial charge in [0.05, 0.1) is 5.60 Å². The maximum Gasteiger partial charge on any atom is 0.303 e. The van der Waals surface area contributed by atoms with E-state index in [1.807, 2.05) is 38.1 Å². The first kappa shape index (κ1) is 13.7. The zero-order valence-corrected chi connectivity index (χ0v) is 10.7. The Morgan fingerprint density at radius 3 is 2.59 bits per heavy atom. The smallest absolute Gasteiger partial charge is 0.303 e. The summed E-state index contributed by atoms with van der Waals surface area (Å²) in [5.74, 6) is -0.742. The van der Waals surface area contributed by atoms with Gasteiger partial charge in [-0.1, -0.05) is 24.3 Å². The summed E-state index contributed by atoms with van der Waals surface area (Å²) in [6.07, 6.45) is 1.64. The average molecular weight is 236 g/mol. The van der Waals surface area contributed by atoms with E-state index >= 15 is 0 Å². The van der Waals surface area contributed by atoms with Crippen LogP contribution in [0.1, 0.15) is 37.8 Å². The van der Waals surface area contributed by atoms with E-state index in [1.165, 1.54) is 5.56 Å². The summed E-state index contributed by atoms with van der Waals surface area (Å²) in [5.41, 5.74) is 1.97. The third-order valence-corrected chi connectivity index (χ3v) is 3.01. The molecule has 0 spiro atoms. The van der Waals surface area contributed by atoms with Crippen molar-refractivity contribution < 1.29 is 14.6 Å². The van der Waals surface area contributed by atoms with Crippen molar-refractivity contribution in [2.75, 3.05) is 7.11 Å². The molecule has 0 aromatic heterocycles. The van der Waals surface area contributed by atoms with Crippen molar-refractivity contribution in [2.24, 2.45) is 0 Å². The highest BCUT2D eigenvalue weighted by molar-refractivity contribution is 5.66. The number of carboxylic acids is 1. The molecule has 0 aliphatic rings. The Hall–Kier alpha value is -1.35. The molecule has 1 N–H and O–H groups in total. The van der Waals surface area contributed by atoms with Gasteiger partial charge in [-0.3, -0.25) is 4.79 Å². The minimum Gasteiger partial charge on any atom is -0.481 e. The maximum atomic E-state index is 10.5. The lowest BCUT2D eigenvalue weighted by atomic mass is 9.90. The molecule has 0 saturated carbocycles. The molecular weight excluding hydrogens is 216 g/mol. The number of hydrogen-bond donors (Lipinski definition) is 1. The second kappa shape index (κ2) is 5.82. The number of aliphatic carboxylic acids is 1. The van der Waals surface area contributed by atoms with Crippen LogP contribution in [0.25, 0.3) is 0 Å². The standard InChI is InChI=1S/C14H20O3/c1-14(2,17-3)12-9-5-4-7-11(12)8-6-10-13(15)16/h4-5,7,9H,6,8,10H2,1-3H3,(H,15,16). The van der Waals surface area contributed by atoms with Crippen molar-refractivity contribution >= 4 is 5.97 Å². The number of rotatable bonds is 6. The fourth-order valence-corrected chi connectivity index (χ4v) is 1.87. The first-order valence-corrected chi connectivity index (χ1v) is 5.82. The van der Waals surface area contributed by atoms with Gasteiger partial charge < -0.3 is 9.84 Å². The summed E-state index contributed by atoms with van der Waals surface area (Å²) in [5, 5.41) is 8.64. The van der Waals surface area contributed by atoms with Crippen LogP contribution in [-0.2, 0) is 21.6 Å². The number of carbonyl (C=O) groups is 1. The normalized spacial score (nSPS) is 11.5. The number of benzene rings is 1. The molecule has 0 aliphatic heterocycles.